The second-order valence-corrected chi connectivity index (χ2v) is 4.30. The third kappa shape index (κ3) is 2.79. The van der Waals surface area contributed by atoms with Crippen LogP contribution in [-0.2, 0) is 11.3 Å². The highest BCUT2D eigenvalue weighted by Gasteiger charge is 2.10. The molecule has 0 spiro atoms. The van der Waals surface area contributed by atoms with Crippen molar-refractivity contribution in [1.82, 2.24) is 20.1 Å². The lowest BCUT2D eigenvalue weighted by molar-refractivity contribution is -0.115. The van der Waals surface area contributed by atoms with Gasteiger partial charge >= 0.3 is 0 Å². The predicted octanol–water partition coefficient (Wildman–Crippen LogP) is 0.752. The monoisotopic (exact) mass is 255 g/mol. The van der Waals surface area contributed by atoms with E-state index < -0.39 is 0 Å². The van der Waals surface area contributed by atoms with Crippen molar-refractivity contribution in [2.75, 3.05) is 11.9 Å². The van der Waals surface area contributed by atoms with Gasteiger partial charge in [0.15, 0.2) is 0 Å². The number of amides is 1. The van der Waals surface area contributed by atoms with E-state index in [0.717, 1.165) is 16.9 Å². The second kappa shape index (κ2) is 4.93. The average Bonchev–Trinajstić information content (AvgIpc) is 3.04. The first-order chi connectivity index (χ1) is 9.29. The van der Waals surface area contributed by atoms with Gasteiger partial charge in [-0.2, -0.15) is 5.10 Å². The molecule has 1 aliphatic heterocycles. The molecule has 0 radical (unpaired) electrons. The number of hydrogen-bond donors (Lipinski definition) is 2. The van der Waals surface area contributed by atoms with Gasteiger partial charge in [0.1, 0.15) is 12.7 Å². The molecule has 0 fully saturated rings. The number of hydrogen-bond acceptors (Lipinski definition) is 4. The Bertz CT molecular complexity index is 600. The molecule has 0 saturated carbocycles. The van der Waals surface area contributed by atoms with Gasteiger partial charge in [-0.3, -0.25) is 4.79 Å². The van der Waals surface area contributed by atoms with Gasteiger partial charge in [-0.25, -0.2) is 9.67 Å². The first kappa shape index (κ1) is 11.5. The lowest BCUT2D eigenvalue weighted by atomic mass is 10.2. The first-order valence-corrected chi connectivity index (χ1v) is 5.96. The number of carbonyl (C=O) groups excluding carboxylic acids is 1. The van der Waals surface area contributed by atoms with Crippen molar-refractivity contribution in [3.8, 4) is 0 Å². The van der Waals surface area contributed by atoms with Crippen molar-refractivity contribution in [2.24, 2.45) is 0 Å². The largest absolute Gasteiger partial charge is 0.357 e. The molecule has 0 bridgehead atoms. The summed E-state index contributed by atoms with van der Waals surface area (Å²) in [6.07, 6.45) is 4.78. The Morgan fingerprint density at radius 1 is 1.32 bits per heavy atom. The smallest absolute Gasteiger partial charge is 0.246 e. The number of rotatable bonds is 4. The van der Waals surface area contributed by atoms with Gasteiger partial charge in [-0.05, 0) is 17.7 Å². The molecule has 1 aromatic carbocycles. The molecule has 19 heavy (non-hydrogen) atoms. The van der Waals surface area contributed by atoms with Crippen LogP contribution in [0, 0.1) is 0 Å². The summed E-state index contributed by atoms with van der Waals surface area (Å²) in [5, 5.41) is 9.98. The summed E-state index contributed by atoms with van der Waals surface area (Å²) in [7, 11) is 0. The van der Waals surface area contributed by atoms with E-state index in [1.54, 1.807) is 17.1 Å². The molecule has 2 aromatic rings. The molecule has 0 unspecified atom stereocenters. The van der Waals surface area contributed by atoms with Crippen molar-refractivity contribution in [3.63, 3.8) is 0 Å². The average molecular weight is 255 g/mol. The topological polar surface area (TPSA) is 71.8 Å². The van der Waals surface area contributed by atoms with Gasteiger partial charge in [-0.1, -0.05) is 12.1 Å². The normalized spacial score (nSPS) is 14.1. The van der Waals surface area contributed by atoms with E-state index in [9.17, 15) is 4.79 Å². The van der Waals surface area contributed by atoms with Crippen LogP contribution in [0.1, 0.15) is 5.56 Å². The van der Waals surface area contributed by atoms with E-state index in [1.807, 2.05) is 24.3 Å². The Morgan fingerprint density at radius 2 is 2.16 bits per heavy atom. The van der Waals surface area contributed by atoms with Gasteiger partial charge in [0.05, 0.1) is 13.1 Å². The minimum atomic E-state index is -0.0506. The summed E-state index contributed by atoms with van der Waals surface area (Å²) in [6.45, 7) is 1.25. The van der Waals surface area contributed by atoms with E-state index in [2.05, 4.69) is 20.7 Å². The van der Waals surface area contributed by atoms with Crippen LogP contribution in [0.25, 0.3) is 0 Å². The van der Waals surface area contributed by atoms with Gasteiger partial charge in [0, 0.05) is 17.5 Å². The summed E-state index contributed by atoms with van der Waals surface area (Å²) in [5.41, 5.74) is 2.99. The lowest BCUT2D eigenvalue weighted by Gasteiger charge is -2.07. The van der Waals surface area contributed by atoms with Gasteiger partial charge < -0.3 is 10.6 Å². The standard InChI is InChI=1S/C13H13N5O/c19-13-5-12(6-15-13)17-11-3-1-10(2-4-11)7-18-9-14-8-16-18/h1-5,8-9,17H,6-7H2,(H,15,19). The fourth-order valence-electron chi connectivity index (χ4n) is 1.90. The van der Waals surface area contributed by atoms with Gasteiger partial charge in [-0.15, -0.1) is 0 Å². The zero-order chi connectivity index (χ0) is 13.1. The minimum absolute atomic E-state index is 0.0506. The molecule has 1 aromatic heterocycles. The molecule has 3 rings (SSSR count). The predicted molar refractivity (Wildman–Crippen MR) is 70.3 cm³/mol. The van der Waals surface area contributed by atoms with E-state index >= 15 is 0 Å². The highest BCUT2D eigenvalue weighted by molar-refractivity contribution is 5.91. The van der Waals surface area contributed by atoms with Crippen molar-refractivity contribution in [2.45, 2.75) is 6.54 Å². The van der Waals surface area contributed by atoms with Crippen LogP contribution in [0.3, 0.4) is 0 Å². The van der Waals surface area contributed by atoms with Crippen molar-refractivity contribution >= 4 is 11.6 Å². The highest BCUT2D eigenvalue weighted by Crippen LogP contribution is 2.13. The summed E-state index contributed by atoms with van der Waals surface area (Å²) in [4.78, 5) is 14.9. The Morgan fingerprint density at radius 3 is 2.79 bits per heavy atom. The van der Waals surface area contributed by atoms with E-state index in [1.165, 1.54) is 6.33 Å². The van der Waals surface area contributed by atoms with E-state index in [0.29, 0.717) is 13.1 Å². The van der Waals surface area contributed by atoms with E-state index in [4.69, 9.17) is 0 Å². The fraction of sp³-hybridized carbons (Fsp3) is 0.154. The zero-order valence-electron chi connectivity index (χ0n) is 10.2. The molecule has 6 nitrogen and oxygen atoms in total. The molecule has 2 heterocycles. The van der Waals surface area contributed by atoms with Gasteiger partial charge in [0.25, 0.3) is 0 Å². The number of aromatic nitrogens is 3. The Kier molecular flexibility index (Phi) is 2.97. The zero-order valence-corrected chi connectivity index (χ0v) is 10.2. The van der Waals surface area contributed by atoms with E-state index in [-0.39, 0.29) is 5.91 Å². The summed E-state index contributed by atoms with van der Waals surface area (Å²) >= 11 is 0. The quantitative estimate of drug-likeness (QED) is 0.845. The summed E-state index contributed by atoms with van der Waals surface area (Å²) in [6, 6.07) is 8.01. The molecular formula is C13H13N5O. The minimum Gasteiger partial charge on any atom is -0.357 e. The summed E-state index contributed by atoms with van der Waals surface area (Å²) < 4.78 is 1.77. The molecule has 2 N–H and O–H groups in total. The van der Waals surface area contributed by atoms with Crippen LogP contribution < -0.4 is 10.6 Å². The molecule has 96 valence electrons. The number of nitrogens with one attached hydrogen (secondary N) is 2. The molecule has 6 heteroatoms. The maximum absolute atomic E-state index is 11.0. The first-order valence-electron chi connectivity index (χ1n) is 5.96. The number of anilines is 1. The molecule has 0 aliphatic carbocycles. The molecule has 0 saturated heterocycles. The van der Waals surface area contributed by atoms with Crippen molar-refractivity contribution in [3.05, 3.63) is 54.3 Å². The highest BCUT2D eigenvalue weighted by atomic mass is 16.1. The SMILES string of the molecule is O=C1C=C(Nc2ccc(Cn3cncn3)cc2)CN1. The van der Waals surface area contributed by atoms with Crippen molar-refractivity contribution < 1.29 is 4.79 Å². The fourth-order valence-corrected chi connectivity index (χ4v) is 1.90. The Labute approximate surface area is 110 Å². The van der Waals surface area contributed by atoms with Crippen LogP contribution >= 0.6 is 0 Å². The second-order valence-electron chi connectivity index (χ2n) is 4.30. The number of carbonyl (C=O) groups is 1. The Hall–Kier alpha value is -2.63. The van der Waals surface area contributed by atoms with Crippen LogP contribution in [-0.4, -0.2) is 27.2 Å². The third-order valence-corrected chi connectivity index (χ3v) is 2.83. The maximum Gasteiger partial charge on any atom is 0.246 e. The molecular weight excluding hydrogens is 242 g/mol. The molecule has 1 aliphatic rings. The van der Waals surface area contributed by atoms with Crippen LogP contribution in [0.5, 0.6) is 0 Å². The van der Waals surface area contributed by atoms with Crippen LogP contribution in [0.2, 0.25) is 0 Å². The molecule has 0 atom stereocenters. The number of nitrogens with zero attached hydrogens (tertiary/aromatic N) is 3. The molecule has 1 amide bonds. The van der Waals surface area contributed by atoms with Crippen LogP contribution in [0.15, 0.2) is 48.7 Å². The van der Waals surface area contributed by atoms with Crippen LogP contribution in [0.4, 0.5) is 5.69 Å². The lowest BCUT2D eigenvalue weighted by Crippen LogP contribution is -2.16. The third-order valence-electron chi connectivity index (χ3n) is 2.83. The van der Waals surface area contributed by atoms with Gasteiger partial charge in [0.2, 0.25) is 5.91 Å². The summed E-state index contributed by atoms with van der Waals surface area (Å²) in [5.74, 6) is -0.0506. The number of benzene rings is 1. The maximum atomic E-state index is 11.0. The van der Waals surface area contributed by atoms with Crippen molar-refractivity contribution in [1.29, 1.82) is 0 Å². The Balaban J connectivity index is 1.65.